The van der Waals surface area contributed by atoms with Crippen molar-refractivity contribution in [3.63, 3.8) is 0 Å². The van der Waals surface area contributed by atoms with Crippen LogP contribution in [-0.2, 0) is 4.79 Å². The summed E-state index contributed by atoms with van der Waals surface area (Å²) in [5.41, 5.74) is 2.92. The van der Waals surface area contributed by atoms with E-state index in [1.807, 2.05) is 13.0 Å². The Hall–Kier alpha value is -2.24. The Balaban J connectivity index is 1.31. The predicted octanol–water partition coefficient (Wildman–Crippen LogP) is 4.31. The molecule has 6 heteroatoms. The Morgan fingerprint density at radius 3 is 2.48 bits per heavy atom. The van der Waals surface area contributed by atoms with Gasteiger partial charge in [0.2, 0.25) is 5.91 Å². The van der Waals surface area contributed by atoms with Gasteiger partial charge in [0.15, 0.2) is 0 Å². The van der Waals surface area contributed by atoms with Gasteiger partial charge in [0.05, 0.1) is 0 Å². The first-order valence-electron chi connectivity index (χ1n) is 10.5. The van der Waals surface area contributed by atoms with Crippen molar-refractivity contribution in [3.05, 3.63) is 53.6 Å². The molecule has 0 radical (unpaired) electrons. The van der Waals surface area contributed by atoms with E-state index in [0.29, 0.717) is 5.02 Å². The third-order valence-electron chi connectivity index (χ3n) is 5.69. The number of carbonyl (C=O) groups is 1. The fraction of sp³-hybridized carbons (Fsp3) is 0.435. The Bertz CT molecular complexity index is 829. The third-order valence-corrected chi connectivity index (χ3v) is 5.94. The second kappa shape index (κ2) is 9.06. The molecule has 1 amide bonds. The number of amides is 1. The Morgan fingerprint density at radius 1 is 1.07 bits per heavy atom. The van der Waals surface area contributed by atoms with Crippen LogP contribution in [-0.4, -0.2) is 49.6 Å². The smallest absolute Gasteiger partial charge is 0.246 e. The zero-order valence-corrected chi connectivity index (χ0v) is 17.7. The molecule has 1 heterocycles. The van der Waals surface area contributed by atoms with Crippen LogP contribution < -0.4 is 15.5 Å². The van der Waals surface area contributed by atoms with Gasteiger partial charge in [0, 0.05) is 54.8 Å². The Labute approximate surface area is 178 Å². The van der Waals surface area contributed by atoms with E-state index in [1.165, 1.54) is 25.1 Å². The second-order valence-corrected chi connectivity index (χ2v) is 8.58. The van der Waals surface area contributed by atoms with Crippen molar-refractivity contribution in [1.82, 2.24) is 4.90 Å². The number of piperazine rings is 1. The van der Waals surface area contributed by atoms with Crippen molar-refractivity contribution in [2.45, 2.75) is 25.8 Å². The molecule has 2 aromatic rings. The van der Waals surface area contributed by atoms with Crippen molar-refractivity contribution in [2.24, 2.45) is 5.92 Å². The lowest BCUT2D eigenvalue weighted by Gasteiger charge is -2.36. The molecule has 5 nitrogen and oxygen atoms in total. The fourth-order valence-corrected chi connectivity index (χ4v) is 3.87. The van der Waals surface area contributed by atoms with E-state index in [2.05, 4.69) is 38.6 Å². The number of rotatable bonds is 7. The number of hydrogen-bond donors (Lipinski definition) is 2. The number of hydrogen-bond acceptors (Lipinski definition) is 4. The first-order chi connectivity index (χ1) is 14.1. The van der Waals surface area contributed by atoms with E-state index in [0.717, 1.165) is 43.5 Å². The van der Waals surface area contributed by atoms with Gasteiger partial charge < -0.3 is 15.5 Å². The molecule has 0 aromatic heterocycles. The molecule has 2 aliphatic rings. The van der Waals surface area contributed by atoms with Crippen LogP contribution in [0, 0.1) is 5.92 Å². The van der Waals surface area contributed by atoms with Crippen molar-refractivity contribution >= 4 is 34.6 Å². The molecule has 1 saturated carbocycles. The lowest BCUT2D eigenvalue weighted by atomic mass is 10.2. The van der Waals surface area contributed by atoms with Crippen molar-refractivity contribution in [3.8, 4) is 0 Å². The second-order valence-electron chi connectivity index (χ2n) is 8.14. The van der Waals surface area contributed by atoms with E-state index >= 15 is 0 Å². The summed E-state index contributed by atoms with van der Waals surface area (Å²) in [7, 11) is 0. The first-order valence-corrected chi connectivity index (χ1v) is 10.8. The highest BCUT2D eigenvalue weighted by atomic mass is 35.5. The third kappa shape index (κ3) is 5.64. The molecular formula is C23H29ClN4O. The van der Waals surface area contributed by atoms with Crippen LogP contribution >= 0.6 is 11.6 Å². The molecule has 2 N–H and O–H groups in total. The van der Waals surface area contributed by atoms with Gasteiger partial charge in [-0.3, -0.25) is 9.69 Å². The fourth-order valence-electron chi connectivity index (χ4n) is 3.75. The Kier molecular flexibility index (Phi) is 6.26. The van der Waals surface area contributed by atoms with E-state index < -0.39 is 0 Å². The van der Waals surface area contributed by atoms with E-state index in [1.54, 1.807) is 24.3 Å². The van der Waals surface area contributed by atoms with E-state index in [4.69, 9.17) is 11.6 Å². The van der Waals surface area contributed by atoms with Gasteiger partial charge >= 0.3 is 0 Å². The number of anilines is 3. The molecular weight excluding hydrogens is 384 g/mol. The molecule has 0 bridgehead atoms. The van der Waals surface area contributed by atoms with Gasteiger partial charge in [-0.25, -0.2) is 0 Å². The standard InChI is InChI=1S/C23H29ClN4O/c1-17(23(29)26-20-9-7-19(24)8-10-20)25-21-3-2-4-22(15-21)28-13-11-27(12-14-28)16-18-5-6-18/h2-4,7-10,15,17-18,25H,5-6,11-14,16H2,1H3,(H,26,29). The molecule has 4 rings (SSSR count). The number of halogens is 1. The van der Waals surface area contributed by atoms with Crippen LogP contribution in [0.3, 0.4) is 0 Å². The van der Waals surface area contributed by atoms with Crippen LogP contribution in [0.5, 0.6) is 0 Å². The highest BCUT2D eigenvalue weighted by Gasteiger charge is 2.26. The molecule has 1 aliphatic carbocycles. The van der Waals surface area contributed by atoms with Crippen LogP contribution in [0.4, 0.5) is 17.1 Å². The van der Waals surface area contributed by atoms with Crippen molar-refractivity contribution in [1.29, 1.82) is 0 Å². The summed E-state index contributed by atoms with van der Waals surface area (Å²) < 4.78 is 0. The zero-order chi connectivity index (χ0) is 20.2. The van der Waals surface area contributed by atoms with Crippen LogP contribution in [0.1, 0.15) is 19.8 Å². The molecule has 154 valence electrons. The number of benzene rings is 2. The minimum absolute atomic E-state index is 0.0774. The minimum Gasteiger partial charge on any atom is -0.374 e. The van der Waals surface area contributed by atoms with Gasteiger partial charge in [-0.2, -0.15) is 0 Å². The number of nitrogens with zero attached hydrogens (tertiary/aromatic N) is 2. The zero-order valence-electron chi connectivity index (χ0n) is 16.9. The molecule has 0 spiro atoms. The van der Waals surface area contributed by atoms with Crippen LogP contribution in [0.2, 0.25) is 5.02 Å². The molecule has 1 saturated heterocycles. The van der Waals surface area contributed by atoms with Crippen molar-refractivity contribution in [2.75, 3.05) is 48.3 Å². The quantitative estimate of drug-likeness (QED) is 0.711. The Morgan fingerprint density at radius 2 is 1.79 bits per heavy atom. The van der Waals surface area contributed by atoms with Gasteiger partial charge in [0.1, 0.15) is 6.04 Å². The summed E-state index contributed by atoms with van der Waals surface area (Å²) in [5.74, 6) is 0.876. The average molecular weight is 413 g/mol. The molecule has 1 unspecified atom stereocenters. The average Bonchev–Trinajstić information content (AvgIpc) is 3.54. The lowest BCUT2D eigenvalue weighted by molar-refractivity contribution is -0.116. The summed E-state index contributed by atoms with van der Waals surface area (Å²) in [5, 5.41) is 6.89. The summed E-state index contributed by atoms with van der Waals surface area (Å²) in [4.78, 5) is 17.5. The summed E-state index contributed by atoms with van der Waals surface area (Å²) in [6.45, 7) is 7.53. The molecule has 29 heavy (non-hydrogen) atoms. The van der Waals surface area contributed by atoms with E-state index in [9.17, 15) is 4.79 Å². The maximum absolute atomic E-state index is 12.5. The number of carbonyl (C=O) groups excluding carboxylic acids is 1. The highest BCUT2D eigenvalue weighted by molar-refractivity contribution is 6.30. The normalized spacial score (nSPS) is 18.3. The van der Waals surface area contributed by atoms with Crippen molar-refractivity contribution < 1.29 is 4.79 Å². The van der Waals surface area contributed by atoms with Gasteiger partial charge in [-0.15, -0.1) is 0 Å². The van der Waals surface area contributed by atoms with Gasteiger partial charge in [0.25, 0.3) is 0 Å². The largest absolute Gasteiger partial charge is 0.374 e. The topological polar surface area (TPSA) is 47.6 Å². The molecule has 2 aromatic carbocycles. The van der Waals surface area contributed by atoms with Gasteiger partial charge in [-0.1, -0.05) is 17.7 Å². The number of nitrogens with one attached hydrogen (secondary N) is 2. The minimum atomic E-state index is -0.351. The predicted molar refractivity (Wildman–Crippen MR) is 121 cm³/mol. The molecule has 2 fully saturated rings. The summed E-state index contributed by atoms with van der Waals surface area (Å²) in [6, 6.07) is 15.1. The summed E-state index contributed by atoms with van der Waals surface area (Å²) in [6.07, 6.45) is 2.83. The maximum Gasteiger partial charge on any atom is 0.246 e. The molecule has 1 atom stereocenters. The van der Waals surface area contributed by atoms with E-state index in [-0.39, 0.29) is 11.9 Å². The van der Waals surface area contributed by atoms with Gasteiger partial charge in [-0.05, 0) is 68.1 Å². The lowest BCUT2D eigenvalue weighted by Crippen LogP contribution is -2.47. The monoisotopic (exact) mass is 412 g/mol. The first kappa shape index (κ1) is 20.0. The van der Waals surface area contributed by atoms with Crippen LogP contribution in [0.25, 0.3) is 0 Å². The SMILES string of the molecule is CC(Nc1cccc(N2CCN(CC3CC3)CC2)c1)C(=O)Nc1ccc(Cl)cc1. The molecule has 1 aliphatic heterocycles. The summed E-state index contributed by atoms with van der Waals surface area (Å²) >= 11 is 5.90. The van der Waals surface area contributed by atoms with Crippen LogP contribution in [0.15, 0.2) is 48.5 Å². The highest BCUT2D eigenvalue weighted by Crippen LogP contribution is 2.30. The maximum atomic E-state index is 12.5.